The van der Waals surface area contributed by atoms with Crippen LogP contribution < -0.4 is 5.32 Å². The van der Waals surface area contributed by atoms with Gasteiger partial charge in [0.05, 0.1) is 12.3 Å². The van der Waals surface area contributed by atoms with Crippen LogP contribution in [0.4, 0.5) is 0 Å². The van der Waals surface area contributed by atoms with E-state index in [1.807, 2.05) is 41.8 Å². The van der Waals surface area contributed by atoms with Gasteiger partial charge in [-0.2, -0.15) is 0 Å². The summed E-state index contributed by atoms with van der Waals surface area (Å²) >= 11 is 1.31. The fourth-order valence-corrected chi connectivity index (χ4v) is 2.83. The number of likely N-dealkylation sites (N-methyl/N-ethyl adjacent to an activating group) is 1. The molecule has 1 N–H and O–H groups in total. The largest absolute Gasteiger partial charge is 0.347 e. The van der Waals surface area contributed by atoms with Crippen molar-refractivity contribution in [1.29, 1.82) is 0 Å². The van der Waals surface area contributed by atoms with Gasteiger partial charge in [-0.3, -0.25) is 9.59 Å². The molecule has 0 fully saturated rings. The lowest BCUT2D eigenvalue weighted by molar-refractivity contribution is -0.130. The predicted octanol–water partition coefficient (Wildman–Crippen LogP) is 1.26. The van der Waals surface area contributed by atoms with Crippen molar-refractivity contribution in [2.24, 2.45) is 0 Å². The Morgan fingerprint density at radius 2 is 1.92 bits per heavy atom. The molecule has 2 rings (SSSR count). The number of thioether (sulfide) groups is 1. The smallest absolute Gasteiger partial charge is 0.241 e. The fourth-order valence-electron chi connectivity index (χ4n) is 1.99. The molecule has 128 valence electrons. The highest BCUT2D eigenvalue weighted by atomic mass is 32.2. The quantitative estimate of drug-likeness (QED) is 0.763. The van der Waals surface area contributed by atoms with E-state index in [9.17, 15) is 9.59 Å². The van der Waals surface area contributed by atoms with Crippen LogP contribution in [0.1, 0.15) is 6.92 Å². The van der Waals surface area contributed by atoms with E-state index in [1.165, 1.54) is 16.7 Å². The number of amides is 2. The summed E-state index contributed by atoms with van der Waals surface area (Å²) < 4.78 is 1.97. The Kier molecular flexibility index (Phi) is 6.36. The highest BCUT2D eigenvalue weighted by Crippen LogP contribution is 2.23. The van der Waals surface area contributed by atoms with Crippen LogP contribution in [0.2, 0.25) is 0 Å². The summed E-state index contributed by atoms with van der Waals surface area (Å²) in [5.41, 5.74) is 0.986. The molecule has 24 heavy (non-hydrogen) atoms. The summed E-state index contributed by atoms with van der Waals surface area (Å²) in [5.74, 6) is 0.621. The maximum Gasteiger partial charge on any atom is 0.241 e. The summed E-state index contributed by atoms with van der Waals surface area (Å²) in [6.07, 6.45) is 0. The van der Waals surface area contributed by atoms with Crippen molar-refractivity contribution in [3.05, 3.63) is 30.3 Å². The van der Waals surface area contributed by atoms with Crippen LogP contribution in [-0.2, 0) is 16.1 Å². The average molecular weight is 347 g/mol. The molecule has 1 aromatic heterocycles. The molecule has 0 aliphatic heterocycles. The lowest BCUT2D eigenvalue weighted by Crippen LogP contribution is -2.37. The molecule has 0 atom stereocenters. The van der Waals surface area contributed by atoms with Crippen molar-refractivity contribution < 1.29 is 9.59 Å². The SMILES string of the molecule is CCn1c(SCC(=O)NCC(=O)N(C)C)nnc1-c1ccccc1. The lowest BCUT2D eigenvalue weighted by Gasteiger charge is -2.11. The Labute approximate surface area is 145 Å². The average Bonchev–Trinajstić information content (AvgIpc) is 3.01. The molecular weight excluding hydrogens is 326 g/mol. The Hall–Kier alpha value is -2.35. The van der Waals surface area contributed by atoms with Crippen LogP contribution in [0.15, 0.2) is 35.5 Å². The monoisotopic (exact) mass is 347 g/mol. The number of benzene rings is 1. The lowest BCUT2D eigenvalue weighted by atomic mass is 10.2. The van der Waals surface area contributed by atoms with E-state index >= 15 is 0 Å². The Bertz CT molecular complexity index is 700. The zero-order valence-electron chi connectivity index (χ0n) is 14.0. The molecule has 1 aromatic carbocycles. The van der Waals surface area contributed by atoms with E-state index in [0.29, 0.717) is 11.7 Å². The van der Waals surface area contributed by atoms with Crippen molar-refractivity contribution in [1.82, 2.24) is 25.0 Å². The van der Waals surface area contributed by atoms with Gasteiger partial charge in [0.2, 0.25) is 11.8 Å². The third kappa shape index (κ3) is 4.58. The molecule has 0 radical (unpaired) electrons. The van der Waals surface area contributed by atoms with Crippen LogP contribution in [0.5, 0.6) is 0 Å². The highest BCUT2D eigenvalue weighted by molar-refractivity contribution is 7.99. The molecule has 2 aromatic rings. The number of aromatic nitrogens is 3. The van der Waals surface area contributed by atoms with Crippen LogP contribution in [0.3, 0.4) is 0 Å². The predicted molar refractivity (Wildman–Crippen MR) is 93.6 cm³/mol. The van der Waals surface area contributed by atoms with E-state index in [4.69, 9.17) is 0 Å². The molecule has 0 bridgehead atoms. The summed E-state index contributed by atoms with van der Waals surface area (Å²) in [6.45, 7) is 2.72. The minimum absolute atomic E-state index is 0.00211. The van der Waals surface area contributed by atoms with Crippen molar-refractivity contribution in [3.8, 4) is 11.4 Å². The van der Waals surface area contributed by atoms with Crippen LogP contribution in [0.25, 0.3) is 11.4 Å². The van der Waals surface area contributed by atoms with E-state index < -0.39 is 0 Å². The molecule has 2 amide bonds. The zero-order chi connectivity index (χ0) is 17.5. The van der Waals surface area contributed by atoms with Crippen molar-refractivity contribution in [2.45, 2.75) is 18.6 Å². The van der Waals surface area contributed by atoms with Crippen molar-refractivity contribution in [3.63, 3.8) is 0 Å². The Morgan fingerprint density at radius 3 is 2.54 bits per heavy atom. The van der Waals surface area contributed by atoms with E-state index in [1.54, 1.807) is 14.1 Å². The summed E-state index contributed by atoms with van der Waals surface area (Å²) in [5, 5.41) is 11.7. The van der Waals surface area contributed by atoms with Crippen molar-refractivity contribution >= 4 is 23.6 Å². The number of carbonyl (C=O) groups is 2. The molecule has 1 heterocycles. The first kappa shape index (κ1) is 18.0. The normalized spacial score (nSPS) is 10.5. The topological polar surface area (TPSA) is 80.1 Å². The first-order valence-corrected chi connectivity index (χ1v) is 8.59. The van der Waals surface area contributed by atoms with Crippen LogP contribution in [0, 0.1) is 0 Å². The van der Waals surface area contributed by atoms with E-state index in [0.717, 1.165) is 11.4 Å². The second-order valence-corrected chi connectivity index (χ2v) is 6.21. The molecule has 7 nitrogen and oxygen atoms in total. The molecule has 0 aliphatic rings. The highest BCUT2D eigenvalue weighted by Gasteiger charge is 2.14. The van der Waals surface area contributed by atoms with Crippen LogP contribution >= 0.6 is 11.8 Å². The number of hydrogen-bond donors (Lipinski definition) is 1. The van der Waals surface area contributed by atoms with Gasteiger partial charge < -0.3 is 14.8 Å². The second-order valence-electron chi connectivity index (χ2n) is 5.27. The van der Waals surface area contributed by atoms with Crippen LogP contribution in [-0.4, -0.2) is 57.9 Å². The number of hydrogen-bond acceptors (Lipinski definition) is 5. The number of carbonyl (C=O) groups excluding carboxylic acids is 2. The summed E-state index contributed by atoms with van der Waals surface area (Å²) in [4.78, 5) is 24.8. The Balaban J connectivity index is 1.97. The molecule has 0 spiro atoms. The fraction of sp³-hybridized carbons (Fsp3) is 0.375. The number of nitrogens with one attached hydrogen (secondary N) is 1. The minimum Gasteiger partial charge on any atom is -0.347 e. The molecule has 0 unspecified atom stereocenters. The minimum atomic E-state index is -0.206. The molecule has 0 saturated carbocycles. The first-order chi connectivity index (χ1) is 11.5. The van der Waals surface area contributed by atoms with Gasteiger partial charge in [0.25, 0.3) is 0 Å². The van der Waals surface area contributed by atoms with Gasteiger partial charge in [-0.1, -0.05) is 42.1 Å². The van der Waals surface area contributed by atoms with Gasteiger partial charge in [-0.15, -0.1) is 10.2 Å². The van der Waals surface area contributed by atoms with Crippen molar-refractivity contribution in [2.75, 3.05) is 26.4 Å². The van der Waals surface area contributed by atoms with Gasteiger partial charge in [0, 0.05) is 26.2 Å². The maximum atomic E-state index is 11.9. The van der Waals surface area contributed by atoms with Gasteiger partial charge in [-0.25, -0.2) is 0 Å². The molecule has 0 aliphatic carbocycles. The summed E-state index contributed by atoms with van der Waals surface area (Å²) in [6, 6.07) is 9.80. The third-order valence-corrected chi connectivity index (χ3v) is 4.30. The number of rotatable bonds is 7. The Morgan fingerprint density at radius 1 is 1.21 bits per heavy atom. The number of nitrogens with zero attached hydrogens (tertiary/aromatic N) is 4. The maximum absolute atomic E-state index is 11.9. The zero-order valence-corrected chi connectivity index (χ0v) is 14.8. The van der Waals surface area contributed by atoms with E-state index in [-0.39, 0.29) is 24.1 Å². The van der Waals surface area contributed by atoms with Gasteiger partial charge in [-0.05, 0) is 6.92 Å². The molecular formula is C16H21N5O2S. The van der Waals surface area contributed by atoms with E-state index in [2.05, 4.69) is 15.5 Å². The second kappa shape index (κ2) is 8.49. The third-order valence-electron chi connectivity index (χ3n) is 3.33. The molecule has 8 heteroatoms. The summed E-state index contributed by atoms with van der Waals surface area (Å²) in [7, 11) is 3.30. The molecule has 0 saturated heterocycles. The van der Waals surface area contributed by atoms with Gasteiger partial charge >= 0.3 is 0 Å². The standard InChI is InChI=1S/C16H21N5O2S/c1-4-21-15(12-8-6-5-7-9-12)18-19-16(21)24-11-13(22)17-10-14(23)20(2)3/h5-9H,4,10-11H2,1-3H3,(H,17,22). The van der Waals surface area contributed by atoms with Gasteiger partial charge in [0.15, 0.2) is 11.0 Å². The first-order valence-electron chi connectivity index (χ1n) is 7.61. The van der Waals surface area contributed by atoms with Gasteiger partial charge in [0.1, 0.15) is 0 Å².